The topological polar surface area (TPSA) is 59.1 Å². The van der Waals surface area contributed by atoms with E-state index < -0.39 is 11.7 Å². The molecule has 4 nitrogen and oxygen atoms in total. The molecule has 0 aliphatic carbocycles. The van der Waals surface area contributed by atoms with Gasteiger partial charge in [0.15, 0.2) is 5.78 Å². The molecule has 0 saturated heterocycles. The fourth-order valence-electron chi connectivity index (χ4n) is 2.98. The highest BCUT2D eigenvalue weighted by molar-refractivity contribution is 6.30. The van der Waals surface area contributed by atoms with Crippen molar-refractivity contribution in [3.8, 4) is 0 Å². The van der Waals surface area contributed by atoms with E-state index in [1.165, 1.54) is 6.07 Å². The minimum absolute atomic E-state index is 0.139. The van der Waals surface area contributed by atoms with Crippen molar-refractivity contribution < 1.29 is 14.0 Å². The average Bonchev–Trinajstić information content (AvgIpc) is 2.73. The summed E-state index contributed by atoms with van der Waals surface area (Å²) < 4.78 is 14.1. The smallest absolute Gasteiger partial charge is 0.255 e. The lowest BCUT2D eigenvalue weighted by Crippen LogP contribution is -2.13. The molecule has 3 aromatic carbocycles. The van der Waals surface area contributed by atoms with Crippen LogP contribution in [0.5, 0.6) is 0 Å². The van der Waals surface area contributed by atoms with Gasteiger partial charge in [-0.15, -0.1) is 0 Å². The zero-order valence-corrected chi connectivity index (χ0v) is 15.8. The van der Waals surface area contributed by atoms with Gasteiger partial charge in [-0.05, 0) is 66.7 Å². The molecule has 0 saturated carbocycles. The SMILES string of the molecule is O=C(Nc1cc(F)cc(C(=O)c2ccc3ncccc3c2)c1)c1ccc(Cl)cc1. The van der Waals surface area contributed by atoms with Gasteiger partial charge in [-0.2, -0.15) is 0 Å². The molecular formula is C23H14ClFN2O2. The van der Waals surface area contributed by atoms with E-state index >= 15 is 0 Å². The van der Waals surface area contributed by atoms with E-state index in [-0.39, 0.29) is 17.0 Å². The van der Waals surface area contributed by atoms with Crippen LogP contribution in [0.3, 0.4) is 0 Å². The van der Waals surface area contributed by atoms with E-state index in [0.29, 0.717) is 16.1 Å². The number of pyridine rings is 1. The van der Waals surface area contributed by atoms with Gasteiger partial charge >= 0.3 is 0 Å². The van der Waals surface area contributed by atoms with E-state index in [0.717, 1.165) is 23.0 Å². The number of amides is 1. The van der Waals surface area contributed by atoms with Crippen molar-refractivity contribution in [2.75, 3.05) is 5.32 Å². The summed E-state index contributed by atoms with van der Waals surface area (Å²) in [5, 5.41) is 3.93. The normalized spacial score (nSPS) is 10.7. The molecule has 0 fully saturated rings. The number of ketones is 1. The molecule has 0 aliphatic heterocycles. The van der Waals surface area contributed by atoms with Crippen LogP contribution in [0.15, 0.2) is 79.0 Å². The van der Waals surface area contributed by atoms with Crippen molar-refractivity contribution >= 4 is 39.9 Å². The molecule has 1 aromatic heterocycles. The first kappa shape index (κ1) is 18.8. The highest BCUT2D eigenvalue weighted by atomic mass is 35.5. The number of carbonyl (C=O) groups excluding carboxylic acids is 2. The number of rotatable bonds is 4. The number of hydrogen-bond donors (Lipinski definition) is 1. The van der Waals surface area contributed by atoms with Crippen molar-refractivity contribution in [3.05, 3.63) is 107 Å². The van der Waals surface area contributed by atoms with Crippen LogP contribution in [0.2, 0.25) is 5.02 Å². The van der Waals surface area contributed by atoms with E-state index in [4.69, 9.17) is 11.6 Å². The van der Waals surface area contributed by atoms with Crippen molar-refractivity contribution in [1.29, 1.82) is 0 Å². The van der Waals surface area contributed by atoms with Gasteiger partial charge in [-0.25, -0.2) is 4.39 Å². The van der Waals surface area contributed by atoms with Crippen LogP contribution in [0, 0.1) is 5.82 Å². The van der Waals surface area contributed by atoms with Crippen LogP contribution in [0.4, 0.5) is 10.1 Å². The Bertz CT molecular complexity index is 1240. The van der Waals surface area contributed by atoms with Crippen molar-refractivity contribution in [1.82, 2.24) is 4.98 Å². The lowest BCUT2D eigenvalue weighted by atomic mass is 10.0. The van der Waals surface area contributed by atoms with Crippen LogP contribution in [-0.4, -0.2) is 16.7 Å². The molecule has 29 heavy (non-hydrogen) atoms. The summed E-state index contributed by atoms with van der Waals surface area (Å²) in [5.41, 5.74) is 1.87. The fraction of sp³-hybridized carbons (Fsp3) is 0. The zero-order valence-electron chi connectivity index (χ0n) is 15.0. The first-order chi connectivity index (χ1) is 14.0. The van der Waals surface area contributed by atoms with Crippen LogP contribution in [0.25, 0.3) is 10.9 Å². The van der Waals surface area contributed by atoms with Gasteiger partial charge in [0, 0.05) is 39.0 Å². The molecule has 0 unspecified atom stereocenters. The number of anilines is 1. The minimum atomic E-state index is -0.621. The quantitative estimate of drug-likeness (QED) is 0.456. The maximum Gasteiger partial charge on any atom is 0.255 e. The van der Waals surface area contributed by atoms with Gasteiger partial charge in [0.05, 0.1) is 5.52 Å². The molecule has 1 amide bonds. The van der Waals surface area contributed by atoms with Gasteiger partial charge in [0.1, 0.15) is 5.82 Å². The van der Waals surface area contributed by atoms with E-state index in [1.54, 1.807) is 54.7 Å². The van der Waals surface area contributed by atoms with Crippen LogP contribution < -0.4 is 5.32 Å². The Morgan fingerprint density at radius 1 is 0.862 bits per heavy atom. The first-order valence-electron chi connectivity index (χ1n) is 8.76. The second-order valence-electron chi connectivity index (χ2n) is 6.43. The Hall–Kier alpha value is -3.57. The van der Waals surface area contributed by atoms with Crippen molar-refractivity contribution in [2.45, 2.75) is 0 Å². The maximum absolute atomic E-state index is 14.1. The number of hydrogen-bond acceptors (Lipinski definition) is 3. The summed E-state index contributed by atoms with van der Waals surface area (Å²) in [6, 6.07) is 18.8. The standard InChI is InChI=1S/C23H14ClFN2O2/c24-18-6-3-14(4-7-18)23(29)27-20-12-17(11-19(25)13-20)22(28)16-5-8-21-15(10-16)2-1-9-26-21/h1-13H,(H,27,29). The van der Waals surface area contributed by atoms with Crippen molar-refractivity contribution in [3.63, 3.8) is 0 Å². The lowest BCUT2D eigenvalue weighted by Gasteiger charge is -2.09. The number of benzene rings is 3. The molecule has 0 radical (unpaired) electrons. The predicted octanol–water partition coefficient (Wildman–Crippen LogP) is 5.51. The number of fused-ring (bicyclic) bond motifs is 1. The second-order valence-corrected chi connectivity index (χ2v) is 6.87. The molecule has 0 spiro atoms. The Kier molecular flexibility index (Phi) is 5.06. The molecule has 1 heterocycles. The summed E-state index contributed by atoms with van der Waals surface area (Å²) in [6.45, 7) is 0. The third-order valence-electron chi connectivity index (χ3n) is 4.39. The molecule has 0 aliphatic rings. The summed E-state index contributed by atoms with van der Waals surface area (Å²) >= 11 is 5.82. The van der Waals surface area contributed by atoms with E-state index in [1.807, 2.05) is 6.07 Å². The monoisotopic (exact) mass is 404 g/mol. The second kappa shape index (κ2) is 7.81. The largest absolute Gasteiger partial charge is 0.322 e. The molecule has 142 valence electrons. The Morgan fingerprint density at radius 3 is 2.41 bits per heavy atom. The Balaban J connectivity index is 1.62. The van der Waals surface area contributed by atoms with Gasteiger partial charge < -0.3 is 5.32 Å². The molecular weight excluding hydrogens is 391 g/mol. The maximum atomic E-state index is 14.1. The van der Waals surface area contributed by atoms with E-state index in [2.05, 4.69) is 10.3 Å². The summed E-state index contributed by atoms with van der Waals surface area (Å²) in [6.07, 6.45) is 1.67. The summed E-state index contributed by atoms with van der Waals surface area (Å²) in [7, 11) is 0. The van der Waals surface area contributed by atoms with Crippen LogP contribution >= 0.6 is 11.6 Å². The van der Waals surface area contributed by atoms with Crippen LogP contribution in [-0.2, 0) is 0 Å². The highest BCUT2D eigenvalue weighted by Gasteiger charge is 2.14. The Morgan fingerprint density at radius 2 is 1.62 bits per heavy atom. The molecule has 0 atom stereocenters. The number of aromatic nitrogens is 1. The van der Waals surface area contributed by atoms with Gasteiger partial charge in [-0.3, -0.25) is 14.6 Å². The minimum Gasteiger partial charge on any atom is -0.322 e. The molecule has 0 bridgehead atoms. The third kappa shape index (κ3) is 4.15. The molecule has 4 aromatic rings. The number of nitrogens with zero attached hydrogens (tertiary/aromatic N) is 1. The number of halogens is 2. The molecule has 4 rings (SSSR count). The zero-order chi connectivity index (χ0) is 20.4. The van der Waals surface area contributed by atoms with Crippen molar-refractivity contribution in [2.24, 2.45) is 0 Å². The predicted molar refractivity (Wildman–Crippen MR) is 111 cm³/mol. The number of carbonyl (C=O) groups is 2. The molecule has 6 heteroatoms. The summed E-state index contributed by atoms with van der Waals surface area (Å²) in [4.78, 5) is 29.5. The summed E-state index contributed by atoms with van der Waals surface area (Å²) in [5.74, 6) is -1.40. The van der Waals surface area contributed by atoms with Crippen LogP contribution in [0.1, 0.15) is 26.3 Å². The number of nitrogens with one attached hydrogen (secondary N) is 1. The Labute approximate surface area is 171 Å². The lowest BCUT2D eigenvalue weighted by molar-refractivity contribution is 0.102. The highest BCUT2D eigenvalue weighted by Crippen LogP contribution is 2.21. The first-order valence-corrected chi connectivity index (χ1v) is 9.14. The van der Waals surface area contributed by atoms with Gasteiger partial charge in [0.25, 0.3) is 5.91 Å². The fourth-order valence-corrected chi connectivity index (χ4v) is 3.11. The van der Waals surface area contributed by atoms with Gasteiger partial charge in [0.2, 0.25) is 0 Å². The van der Waals surface area contributed by atoms with E-state index in [9.17, 15) is 14.0 Å². The van der Waals surface area contributed by atoms with Gasteiger partial charge in [-0.1, -0.05) is 17.7 Å². The third-order valence-corrected chi connectivity index (χ3v) is 4.64. The molecule has 1 N–H and O–H groups in total. The average molecular weight is 405 g/mol.